The van der Waals surface area contributed by atoms with Gasteiger partial charge in [0.2, 0.25) is 0 Å². The summed E-state index contributed by atoms with van der Waals surface area (Å²) < 4.78 is 0.990. The summed E-state index contributed by atoms with van der Waals surface area (Å²) in [5.41, 5.74) is 6.70. The fourth-order valence-electron chi connectivity index (χ4n) is 2.47. The molecule has 1 fully saturated rings. The zero-order chi connectivity index (χ0) is 14.8. The van der Waals surface area contributed by atoms with Crippen molar-refractivity contribution < 1.29 is 5.21 Å². The summed E-state index contributed by atoms with van der Waals surface area (Å²) in [5, 5.41) is 12.8. The van der Waals surface area contributed by atoms with Gasteiger partial charge in [-0.15, -0.1) is 0 Å². The molecule has 1 heterocycles. The lowest BCUT2D eigenvalue weighted by molar-refractivity contribution is 0.153. The van der Waals surface area contributed by atoms with Crippen molar-refractivity contribution >= 4 is 33.4 Å². The van der Waals surface area contributed by atoms with Crippen LogP contribution in [0.5, 0.6) is 0 Å². The van der Waals surface area contributed by atoms with Gasteiger partial charge in [-0.3, -0.25) is 4.90 Å². The highest BCUT2D eigenvalue weighted by Gasteiger charge is 2.34. The smallest absolute Gasteiger partial charge is 0.145 e. The molecule has 0 saturated carbocycles. The fraction of sp³-hybridized carbons (Fsp3) is 0.500. The molecule has 0 aliphatic carbocycles. The van der Waals surface area contributed by atoms with Crippen molar-refractivity contribution in [1.82, 2.24) is 4.90 Å². The van der Waals surface area contributed by atoms with E-state index in [1.165, 1.54) is 0 Å². The van der Waals surface area contributed by atoms with Crippen LogP contribution < -0.4 is 5.73 Å². The largest absolute Gasteiger partial charge is 0.409 e. The molecule has 1 aliphatic heterocycles. The van der Waals surface area contributed by atoms with Crippen LogP contribution in [0.1, 0.15) is 25.3 Å². The van der Waals surface area contributed by atoms with E-state index in [2.05, 4.69) is 26.0 Å². The van der Waals surface area contributed by atoms with Crippen molar-refractivity contribution in [3.63, 3.8) is 0 Å². The van der Waals surface area contributed by atoms with Gasteiger partial charge in [0.25, 0.3) is 0 Å². The normalized spacial score (nSPS) is 20.1. The molecule has 0 spiro atoms. The molecule has 0 radical (unpaired) electrons. The van der Waals surface area contributed by atoms with Crippen LogP contribution in [-0.2, 0) is 6.54 Å². The van der Waals surface area contributed by atoms with Gasteiger partial charge in [-0.2, -0.15) is 0 Å². The number of likely N-dealkylation sites (tertiary alicyclic amines) is 1. The quantitative estimate of drug-likeness (QED) is 0.375. The summed E-state index contributed by atoms with van der Waals surface area (Å²) in [4.78, 5) is 2.35. The number of oxime groups is 1. The molecule has 6 heteroatoms. The van der Waals surface area contributed by atoms with Crippen LogP contribution in [0.3, 0.4) is 0 Å². The summed E-state index contributed by atoms with van der Waals surface area (Å²) in [7, 11) is 0. The van der Waals surface area contributed by atoms with Gasteiger partial charge < -0.3 is 10.9 Å². The summed E-state index contributed by atoms with van der Waals surface area (Å²) in [6.45, 7) is 4.71. The van der Waals surface area contributed by atoms with Gasteiger partial charge in [0.15, 0.2) is 0 Å². The van der Waals surface area contributed by atoms with Crippen molar-refractivity contribution in [2.75, 3.05) is 13.1 Å². The van der Waals surface area contributed by atoms with Gasteiger partial charge in [0, 0.05) is 21.5 Å². The van der Waals surface area contributed by atoms with E-state index in [4.69, 9.17) is 22.5 Å². The predicted molar refractivity (Wildman–Crippen MR) is 85.2 cm³/mol. The van der Waals surface area contributed by atoms with E-state index in [-0.39, 0.29) is 5.41 Å². The highest BCUT2D eigenvalue weighted by atomic mass is 79.9. The van der Waals surface area contributed by atoms with Gasteiger partial charge in [-0.25, -0.2) is 0 Å². The van der Waals surface area contributed by atoms with Gasteiger partial charge >= 0.3 is 0 Å². The maximum atomic E-state index is 8.84. The predicted octanol–water partition coefficient (Wildman–Crippen LogP) is 3.45. The third kappa shape index (κ3) is 3.45. The number of hydrogen-bond acceptors (Lipinski definition) is 3. The molecule has 20 heavy (non-hydrogen) atoms. The Hall–Kier alpha value is -0.780. The van der Waals surface area contributed by atoms with Crippen molar-refractivity contribution in [2.24, 2.45) is 16.3 Å². The van der Waals surface area contributed by atoms with E-state index in [1.54, 1.807) is 0 Å². The summed E-state index contributed by atoms with van der Waals surface area (Å²) >= 11 is 9.66. The van der Waals surface area contributed by atoms with Crippen molar-refractivity contribution in [1.29, 1.82) is 0 Å². The van der Waals surface area contributed by atoms with Crippen LogP contribution in [0.15, 0.2) is 27.8 Å². The first-order valence-corrected chi connectivity index (χ1v) is 7.76. The molecule has 2 rings (SSSR count). The maximum absolute atomic E-state index is 8.84. The molecular formula is C14H19BrClN3O. The molecule has 1 aliphatic rings. The Kier molecular flexibility index (Phi) is 4.94. The van der Waals surface area contributed by atoms with Gasteiger partial charge in [-0.05, 0) is 43.6 Å². The number of amidine groups is 1. The molecule has 1 aromatic carbocycles. The Morgan fingerprint density at radius 2 is 2.15 bits per heavy atom. The van der Waals surface area contributed by atoms with Crippen molar-refractivity contribution in [3.8, 4) is 0 Å². The molecule has 0 amide bonds. The molecule has 0 atom stereocenters. The lowest BCUT2D eigenvalue weighted by atomic mass is 9.79. The number of halogens is 2. The number of benzene rings is 1. The molecular weight excluding hydrogens is 342 g/mol. The first-order chi connectivity index (χ1) is 9.44. The second-order valence-electron chi connectivity index (χ2n) is 5.56. The van der Waals surface area contributed by atoms with E-state index in [9.17, 15) is 0 Å². The lowest BCUT2D eigenvalue weighted by Gasteiger charge is -2.38. The van der Waals surface area contributed by atoms with E-state index in [0.717, 1.165) is 47.5 Å². The van der Waals surface area contributed by atoms with E-state index >= 15 is 0 Å². The number of nitrogens with zero attached hydrogens (tertiary/aromatic N) is 2. The Morgan fingerprint density at radius 3 is 2.70 bits per heavy atom. The SMILES string of the molecule is CC1(/C(N)=N/O)CCN(Cc2ccc(Br)cc2Cl)CC1. The highest BCUT2D eigenvalue weighted by molar-refractivity contribution is 9.10. The number of nitrogens with two attached hydrogens (primary N) is 1. The van der Waals surface area contributed by atoms with Crippen molar-refractivity contribution in [3.05, 3.63) is 33.3 Å². The molecule has 4 nitrogen and oxygen atoms in total. The highest BCUT2D eigenvalue weighted by Crippen LogP contribution is 2.32. The van der Waals surface area contributed by atoms with Crippen LogP contribution >= 0.6 is 27.5 Å². The summed E-state index contributed by atoms with van der Waals surface area (Å²) in [6, 6.07) is 5.97. The third-order valence-corrected chi connectivity index (χ3v) is 4.94. The van der Waals surface area contributed by atoms with Crippen LogP contribution in [0, 0.1) is 5.41 Å². The van der Waals surface area contributed by atoms with Crippen LogP contribution in [-0.4, -0.2) is 29.0 Å². The third-order valence-electron chi connectivity index (χ3n) is 4.09. The standard InChI is InChI=1S/C14H19BrClN3O/c1-14(13(17)18-20)4-6-19(7-5-14)9-10-2-3-11(15)8-12(10)16/h2-3,8,20H,4-7,9H2,1H3,(H2,17,18). The molecule has 0 aromatic heterocycles. The zero-order valence-corrected chi connectivity index (χ0v) is 13.8. The van der Waals surface area contributed by atoms with Crippen molar-refractivity contribution in [2.45, 2.75) is 26.3 Å². The molecule has 110 valence electrons. The van der Waals surface area contributed by atoms with Crippen LogP contribution in [0.2, 0.25) is 5.02 Å². The zero-order valence-electron chi connectivity index (χ0n) is 11.4. The van der Waals surface area contributed by atoms with Gasteiger partial charge in [0.05, 0.1) is 0 Å². The van der Waals surface area contributed by atoms with E-state index in [1.807, 2.05) is 25.1 Å². The van der Waals surface area contributed by atoms with Crippen LogP contribution in [0.4, 0.5) is 0 Å². The fourth-order valence-corrected chi connectivity index (χ4v) is 3.21. The summed E-state index contributed by atoms with van der Waals surface area (Å²) in [5.74, 6) is 0.332. The Labute approximate surface area is 132 Å². The minimum Gasteiger partial charge on any atom is -0.409 e. The Balaban J connectivity index is 1.98. The van der Waals surface area contributed by atoms with E-state index in [0.29, 0.717) is 5.84 Å². The average Bonchev–Trinajstić information content (AvgIpc) is 2.43. The monoisotopic (exact) mass is 359 g/mol. The Morgan fingerprint density at radius 1 is 1.50 bits per heavy atom. The first-order valence-electron chi connectivity index (χ1n) is 6.59. The van der Waals surface area contributed by atoms with E-state index < -0.39 is 0 Å². The van der Waals surface area contributed by atoms with Crippen LogP contribution in [0.25, 0.3) is 0 Å². The lowest BCUT2D eigenvalue weighted by Crippen LogP contribution is -2.45. The van der Waals surface area contributed by atoms with Gasteiger partial charge in [-0.1, -0.05) is 45.7 Å². The number of hydrogen-bond donors (Lipinski definition) is 2. The number of piperidine rings is 1. The van der Waals surface area contributed by atoms with Gasteiger partial charge in [0.1, 0.15) is 5.84 Å². The average molecular weight is 361 g/mol. The second-order valence-corrected chi connectivity index (χ2v) is 6.88. The molecule has 0 bridgehead atoms. The second kappa shape index (κ2) is 6.33. The first kappa shape index (κ1) is 15.6. The number of rotatable bonds is 3. The minimum atomic E-state index is -0.200. The molecule has 1 saturated heterocycles. The maximum Gasteiger partial charge on any atom is 0.145 e. The minimum absolute atomic E-state index is 0.200. The summed E-state index contributed by atoms with van der Waals surface area (Å²) in [6.07, 6.45) is 1.77. The molecule has 1 aromatic rings. The topological polar surface area (TPSA) is 61.9 Å². The Bertz CT molecular complexity index is 513. The molecule has 0 unspecified atom stereocenters. The molecule has 3 N–H and O–H groups in total.